The number of fused-ring (bicyclic) bond motifs is 1. The average molecular weight is 283 g/mol. The number of nitrogens with zero attached hydrogens (tertiary/aromatic N) is 4. The van der Waals surface area contributed by atoms with Crippen LogP contribution in [0.4, 0.5) is 0 Å². The monoisotopic (exact) mass is 282 g/mol. The molecule has 1 aliphatic carbocycles. The van der Waals surface area contributed by atoms with Gasteiger partial charge in [-0.05, 0) is 12.8 Å². The Kier molecular flexibility index (Phi) is 3.28. The van der Waals surface area contributed by atoms with E-state index >= 15 is 0 Å². The molecule has 7 heteroatoms. The van der Waals surface area contributed by atoms with Crippen LogP contribution in [0.2, 0.25) is 0 Å². The highest BCUT2D eigenvalue weighted by Gasteiger charge is 2.33. The number of ether oxygens (including phenoxy) is 2. The van der Waals surface area contributed by atoms with Crippen molar-refractivity contribution in [3.8, 4) is 5.88 Å². The summed E-state index contributed by atoms with van der Waals surface area (Å²) in [6.07, 6.45) is 3.72. The average Bonchev–Trinajstić information content (AvgIpc) is 2.76. The Morgan fingerprint density at radius 1 is 1.37 bits per heavy atom. The van der Waals surface area contributed by atoms with E-state index in [-0.39, 0.29) is 0 Å². The lowest BCUT2D eigenvalue weighted by atomic mass is 9.89. The predicted octanol–water partition coefficient (Wildman–Crippen LogP) is 1.92. The summed E-state index contributed by atoms with van der Waals surface area (Å²) in [4.78, 5) is 12.9. The molecule has 0 radical (unpaired) electrons. The standard InChI is InChI=1S/C12H15ClN4O2/c1-18-8-3-7(4-8)17-9(5-13)16-10-11(17)14-6-15-12(10)19-2/h6-8H,3-5H2,1-2H3. The zero-order valence-corrected chi connectivity index (χ0v) is 11.6. The first kappa shape index (κ1) is 12.6. The van der Waals surface area contributed by atoms with E-state index in [1.165, 1.54) is 6.33 Å². The molecule has 0 aliphatic heterocycles. The van der Waals surface area contributed by atoms with Gasteiger partial charge in [-0.1, -0.05) is 0 Å². The number of hydrogen-bond donors (Lipinski definition) is 0. The molecule has 0 spiro atoms. The van der Waals surface area contributed by atoms with Gasteiger partial charge in [-0.25, -0.2) is 9.97 Å². The van der Waals surface area contributed by atoms with Crippen LogP contribution < -0.4 is 4.74 Å². The number of halogens is 1. The number of imidazole rings is 1. The molecule has 0 saturated heterocycles. The van der Waals surface area contributed by atoms with Gasteiger partial charge in [0, 0.05) is 13.2 Å². The molecule has 0 unspecified atom stereocenters. The summed E-state index contributed by atoms with van der Waals surface area (Å²) in [5.74, 6) is 1.63. The van der Waals surface area contributed by atoms with Crippen LogP contribution in [0, 0.1) is 0 Å². The highest BCUT2D eigenvalue weighted by atomic mass is 35.5. The highest BCUT2D eigenvalue weighted by Crippen LogP contribution is 2.38. The molecule has 1 aliphatic rings. The minimum absolute atomic E-state index is 0.314. The second-order valence-corrected chi connectivity index (χ2v) is 4.84. The number of methoxy groups -OCH3 is 2. The Hall–Kier alpha value is -1.40. The Morgan fingerprint density at radius 2 is 2.16 bits per heavy atom. The van der Waals surface area contributed by atoms with Crippen molar-refractivity contribution in [1.29, 1.82) is 0 Å². The van der Waals surface area contributed by atoms with Gasteiger partial charge in [-0.15, -0.1) is 11.6 Å². The third-order valence-electron chi connectivity index (χ3n) is 3.60. The molecule has 0 bridgehead atoms. The van der Waals surface area contributed by atoms with Crippen molar-refractivity contribution in [3.05, 3.63) is 12.2 Å². The van der Waals surface area contributed by atoms with Crippen molar-refractivity contribution in [2.24, 2.45) is 0 Å². The van der Waals surface area contributed by atoms with Crippen molar-refractivity contribution >= 4 is 22.8 Å². The molecule has 102 valence electrons. The largest absolute Gasteiger partial charge is 0.479 e. The molecule has 0 N–H and O–H groups in total. The van der Waals surface area contributed by atoms with Gasteiger partial charge in [0.25, 0.3) is 0 Å². The van der Waals surface area contributed by atoms with E-state index in [0.717, 1.165) is 24.3 Å². The maximum absolute atomic E-state index is 5.99. The van der Waals surface area contributed by atoms with Gasteiger partial charge in [0.15, 0.2) is 11.2 Å². The van der Waals surface area contributed by atoms with Crippen LogP contribution in [0.3, 0.4) is 0 Å². The molecular weight excluding hydrogens is 268 g/mol. The number of aromatic nitrogens is 4. The molecule has 0 aromatic carbocycles. The zero-order chi connectivity index (χ0) is 13.4. The van der Waals surface area contributed by atoms with Gasteiger partial charge in [0.2, 0.25) is 5.88 Å². The zero-order valence-electron chi connectivity index (χ0n) is 10.8. The predicted molar refractivity (Wildman–Crippen MR) is 70.5 cm³/mol. The van der Waals surface area contributed by atoms with E-state index < -0.39 is 0 Å². The molecule has 2 aromatic rings. The molecule has 0 amide bonds. The first-order valence-electron chi connectivity index (χ1n) is 6.13. The fraction of sp³-hybridized carbons (Fsp3) is 0.583. The van der Waals surface area contributed by atoms with Gasteiger partial charge >= 0.3 is 0 Å². The molecule has 19 heavy (non-hydrogen) atoms. The Morgan fingerprint density at radius 3 is 2.79 bits per heavy atom. The van der Waals surface area contributed by atoms with Crippen molar-refractivity contribution in [1.82, 2.24) is 19.5 Å². The van der Waals surface area contributed by atoms with E-state index in [1.807, 2.05) is 0 Å². The summed E-state index contributed by atoms with van der Waals surface area (Å²) in [6.45, 7) is 0. The van der Waals surface area contributed by atoms with Gasteiger partial charge in [-0.2, -0.15) is 4.98 Å². The topological polar surface area (TPSA) is 62.1 Å². The Labute approximate surface area is 115 Å². The van der Waals surface area contributed by atoms with Crippen molar-refractivity contribution in [2.75, 3.05) is 14.2 Å². The van der Waals surface area contributed by atoms with Crippen LogP contribution in [-0.2, 0) is 10.6 Å². The van der Waals surface area contributed by atoms with Gasteiger partial charge in [-0.3, -0.25) is 0 Å². The van der Waals surface area contributed by atoms with Crippen molar-refractivity contribution in [3.63, 3.8) is 0 Å². The quantitative estimate of drug-likeness (QED) is 0.802. The molecule has 6 nitrogen and oxygen atoms in total. The number of alkyl halides is 1. The molecule has 3 rings (SSSR count). The SMILES string of the molecule is COc1ncnc2c1nc(CCl)n2C1CC(OC)C1. The summed E-state index contributed by atoms with van der Waals surface area (Å²) >= 11 is 5.99. The number of rotatable bonds is 4. The van der Waals surface area contributed by atoms with Gasteiger partial charge < -0.3 is 14.0 Å². The minimum Gasteiger partial charge on any atom is -0.479 e. The van der Waals surface area contributed by atoms with Gasteiger partial charge in [0.05, 0.1) is 19.1 Å². The third kappa shape index (κ3) is 1.95. The highest BCUT2D eigenvalue weighted by molar-refractivity contribution is 6.16. The van der Waals surface area contributed by atoms with E-state index in [2.05, 4.69) is 19.5 Å². The maximum atomic E-state index is 5.99. The van der Waals surface area contributed by atoms with Crippen molar-refractivity contribution in [2.45, 2.75) is 30.9 Å². The fourth-order valence-electron chi connectivity index (χ4n) is 2.50. The van der Waals surface area contributed by atoms with Crippen LogP contribution >= 0.6 is 11.6 Å². The first-order valence-corrected chi connectivity index (χ1v) is 6.66. The van der Waals surface area contributed by atoms with E-state index in [1.54, 1.807) is 14.2 Å². The fourth-order valence-corrected chi connectivity index (χ4v) is 2.69. The number of hydrogen-bond acceptors (Lipinski definition) is 5. The van der Waals surface area contributed by atoms with Gasteiger partial charge in [0.1, 0.15) is 12.2 Å². The second kappa shape index (κ2) is 4.94. The van der Waals surface area contributed by atoms with E-state index in [9.17, 15) is 0 Å². The van der Waals surface area contributed by atoms with E-state index in [0.29, 0.717) is 29.4 Å². The summed E-state index contributed by atoms with van der Waals surface area (Å²) < 4.78 is 12.6. The summed E-state index contributed by atoms with van der Waals surface area (Å²) in [5.41, 5.74) is 1.45. The molecule has 2 aromatic heterocycles. The van der Waals surface area contributed by atoms with Crippen LogP contribution in [0.5, 0.6) is 5.88 Å². The maximum Gasteiger partial charge on any atom is 0.245 e. The molecular formula is C12H15ClN4O2. The Balaban J connectivity index is 2.07. The normalized spacial score (nSPS) is 22.5. The minimum atomic E-state index is 0.314. The van der Waals surface area contributed by atoms with Crippen LogP contribution in [0.15, 0.2) is 6.33 Å². The summed E-state index contributed by atoms with van der Waals surface area (Å²) in [6, 6.07) is 0.336. The third-order valence-corrected chi connectivity index (χ3v) is 3.84. The lowest BCUT2D eigenvalue weighted by Gasteiger charge is -2.35. The van der Waals surface area contributed by atoms with E-state index in [4.69, 9.17) is 21.1 Å². The Bertz CT molecular complexity index is 595. The van der Waals surface area contributed by atoms with Crippen LogP contribution in [-0.4, -0.2) is 39.8 Å². The first-order chi connectivity index (χ1) is 9.28. The lowest BCUT2D eigenvalue weighted by molar-refractivity contribution is 0.00660. The molecule has 0 atom stereocenters. The lowest BCUT2D eigenvalue weighted by Crippen LogP contribution is -2.33. The molecule has 2 heterocycles. The smallest absolute Gasteiger partial charge is 0.245 e. The summed E-state index contributed by atoms with van der Waals surface area (Å²) in [7, 11) is 3.31. The van der Waals surface area contributed by atoms with Crippen LogP contribution in [0.25, 0.3) is 11.2 Å². The van der Waals surface area contributed by atoms with Crippen LogP contribution in [0.1, 0.15) is 24.7 Å². The molecule has 1 fully saturated rings. The second-order valence-electron chi connectivity index (χ2n) is 4.57. The summed E-state index contributed by atoms with van der Waals surface area (Å²) in [5, 5.41) is 0. The van der Waals surface area contributed by atoms with Crippen molar-refractivity contribution < 1.29 is 9.47 Å². The molecule has 1 saturated carbocycles.